The van der Waals surface area contributed by atoms with Crippen LogP contribution in [0.3, 0.4) is 0 Å². The van der Waals surface area contributed by atoms with Gasteiger partial charge in [0.05, 0.1) is 0 Å². The Hall–Kier alpha value is -1.53. The van der Waals surface area contributed by atoms with E-state index in [4.69, 9.17) is 5.11 Å². The molecule has 1 heterocycles. The van der Waals surface area contributed by atoms with Gasteiger partial charge in [-0.25, -0.2) is 4.98 Å². The van der Waals surface area contributed by atoms with Gasteiger partial charge in [0.1, 0.15) is 0 Å². The van der Waals surface area contributed by atoms with E-state index in [9.17, 15) is 17.6 Å². The minimum atomic E-state index is -4.97. The molecular formula is C6H3F4NO2. The number of halogens is 4. The smallest absolute Gasteiger partial charge is 0.501 e. The second-order valence-electron chi connectivity index (χ2n) is 2.00. The molecule has 3 nitrogen and oxygen atoms in total. The van der Waals surface area contributed by atoms with Crippen LogP contribution in [-0.4, -0.2) is 16.5 Å². The maximum absolute atomic E-state index is 12.3. The Labute approximate surface area is 69.6 Å². The molecule has 0 aliphatic rings. The Morgan fingerprint density at radius 2 is 2.00 bits per heavy atom. The summed E-state index contributed by atoms with van der Waals surface area (Å²) in [4.78, 5) is 2.91. The molecule has 0 aliphatic heterocycles. The quantitative estimate of drug-likeness (QED) is 0.551. The van der Waals surface area contributed by atoms with Gasteiger partial charge in [0.2, 0.25) is 5.75 Å². The molecule has 1 rings (SSSR count). The highest BCUT2D eigenvalue weighted by Gasteiger charge is 2.32. The molecule has 0 fully saturated rings. The van der Waals surface area contributed by atoms with Crippen LogP contribution >= 0.6 is 0 Å². The lowest BCUT2D eigenvalue weighted by Gasteiger charge is -2.09. The van der Waals surface area contributed by atoms with Crippen molar-refractivity contribution >= 4 is 0 Å². The molecule has 1 aromatic rings. The molecule has 1 aromatic heterocycles. The zero-order valence-electron chi connectivity index (χ0n) is 5.97. The molecule has 7 heteroatoms. The summed E-state index contributed by atoms with van der Waals surface area (Å²) in [5, 5.41) is 8.70. The van der Waals surface area contributed by atoms with Gasteiger partial charge in [0, 0.05) is 12.3 Å². The number of aromatic hydroxyl groups is 1. The van der Waals surface area contributed by atoms with Crippen LogP contribution in [0.1, 0.15) is 0 Å². The second kappa shape index (κ2) is 3.08. The van der Waals surface area contributed by atoms with E-state index in [2.05, 4.69) is 9.72 Å². The van der Waals surface area contributed by atoms with Gasteiger partial charge in [-0.2, -0.15) is 4.39 Å². The topological polar surface area (TPSA) is 42.4 Å². The summed E-state index contributed by atoms with van der Waals surface area (Å²) < 4.78 is 50.4. The lowest BCUT2D eigenvalue weighted by Crippen LogP contribution is -2.17. The molecule has 72 valence electrons. The maximum atomic E-state index is 12.3. The van der Waals surface area contributed by atoms with E-state index >= 15 is 0 Å². The normalized spacial score (nSPS) is 11.4. The number of nitrogens with zero attached hydrogens (tertiary/aromatic N) is 1. The third kappa shape index (κ3) is 2.46. The number of hydrogen-bond donors (Lipinski definition) is 1. The van der Waals surface area contributed by atoms with Crippen LogP contribution in [0.4, 0.5) is 17.6 Å². The Morgan fingerprint density at radius 1 is 1.38 bits per heavy atom. The Morgan fingerprint density at radius 3 is 2.54 bits per heavy atom. The molecule has 0 aliphatic carbocycles. The van der Waals surface area contributed by atoms with Gasteiger partial charge >= 0.3 is 6.36 Å². The van der Waals surface area contributed by atoms with Crippen molar-refractivity contribution in [2.45, 2.75) is 6.36 Å². The summed E-state index contributed by atoms with van der Waals surface area (Å²) in [6.07, 6.45) is -4.22. The molecule has 0 unspecified atom stereocenters. The highest BCUT2D eigenvalue weighted by Crippen LogP contribution is 2.31. The predicted molar refractivity (Wildman–Crippen MR) is 32.5 cm³/mol. The average molecular weight is 197 g/mol. The Bertz CT molecular complexity index is 312. The van der Waals surface area contributed by atoms with Crippen molar-refractivity contribution in [1.82, 2.24) is 4.98 Å². The molecule has 0 aromatic carbocycles. The Kier molecular flexibility index (Phi) is 2.26. The SMILES string of the molecule is Oc1c(OC(F)(F)F)ccnc1F. The third-order valence-corrected chi connectivity index (χ3v) is 1.07. The lowest BCUT2D eigenvalue weighted by molar-refractivity contribution is -0.275. The van der Waals surface area contributed by atoms with Gasteiger partial charge in [-0.15, -0.1) is 13.2 Å². The second-order valence-corrected chi connectivity index (χ2v) is 2.00. The van der Waals surface area contributed by atoms with Gasteiger partial charge < -0.3 is 9.84 Å². The fourth-order valence-corrected chi connectivity index (χ4v) is 0.619. The Balaban J connectivity index is 2.96. The maximum Gasteiger partial charge on any atom is 0.573 e. The molecule has 13 heavy (non-hydrogen) atoms. The monoisotopic (exact) mass is 197 g/mol. The van der Waals surface area contributed by atoms with E-state index in [1.165, 1.54) is 0 Å². The summed E-state index contributed by atoms with van der Waals surface area (Å²) >= 11 is 0. The molecule has 1 N–H and O–H groups in total. The third-order valence-electron chi connectivity index (χ3n) is 1.07. The van der Waals surface area contributed by atoms with E-state index in [0.717, 1.165) is 6.20 Å². The van der Waals surface area contributed by atoms with Crippen molar-refractivity contribution in [3.8, 4) is 11.5 Å². The average Bonchev–Trinajstić information content (AvgIpc) is 1.96. The van der Waals surface area contributed by atoms with Gasteiger partial charge in [-0.05, 0) is 0 Å². The van der Waals surface area contributed by atoms with E-state index in [1.54, 1.807) is 0 Å². The van der Waals surface area contributed by atoms with E-state index in [1.807, 2.05) is 0 Å². The van der Waals surface area contributed by atoms with Crippen molar-refractivity contribution in [1.29, 1.82) is 0 Å². The fraction of sp³-hybridized carbons (Fsp3) is 0.167. The zero-order valence-corrected chi connectivity index (χ0v) is 5.97. The van der Waals surface area contributed by atoms with Crippen LogP contribution in [0.25, 0.3) is 0 Å². The van der Waals surface area contributed by atoms with Crippen molar-refractivity contribution in [3.05, 3.63) is 18.2 Å². The van der Waals surface area contributed by atoms with Crippen LogP contribution < -0.4 is 4.74 Å². The van der Waals surface area contributed by atoms with Crippen LogP contribution in [0.15, 0.2) is 12.3 Å². The number of aromatic nitrogens is 1. The number of hydrogen-bond acceptors (Lipinski definition) is 3. The summed E-state index contributed by atoms with van der Waals surface area (Å²) in [5.74, 6) is -3.69. The minimum absolute atomic E-state index is 0.700. The highest BCUT2D eigenvalue weighted by molar-refractivity contribution is 5.36. The summed E-state index contributed by atoms with van der Waals surface area (Å²) in [6.45, 7) is 0. The molecule has 0 spiro atoms. The van der Waals surface area contributed by atoms with Crippen molar-refractivity contribution in [3.63, 3.8) is 0 Å². The van der Waals surface area contributed by atoms with Gasteiger partial charge in [0.25, 0.3) is 5.95 Å². The van der Waals surface area contributed by atoms with Crippen LogP contribution in [0.5, 0.6) is 11.5 Å². The fourth-order valence-electron chi connectivity index (χ4n) is 0.619. The van der Waals surface area contributed by atoms with Crippen molar-refractivity contribution in [2.24, 2.45) is 0 Å². The lowest BCUT2D eigenvalue weighted by atomic mass is 10.4. The van der Waals surface area contributed by atoms with Gasteiger partial charge in [-0.1, -0.05) is 0 Å². The first kappa shape index (κ1) is 9.56. The van der Waals surface area contributed by atoms with Crippen molar-refractivity contribution < 1.29 is 27.4 Å². The molecule has 0 saturated carbocycles. The van der Waals surface area contributed by atoms with Crippen LogP contribution in [0, 0.1) is 5.95 Å². The van der Waals surface area contributed by atoms with E-state index in [0.29, 0.717) is 6.07 Å². The summed E-state index contributed by atoms with van der Waals surface area (Å²) in [5.41, 5.74) is 0. The first-order valence-corrected chi connectivity index (χ1v) is 2.99. The van der Waals surface area contributed by atoms with Gasteiger partial charge in [0.15, 0.2) is 5.75 Å². The predicted octanol–water partition coefficient (Wildman–Crippen LogP) is 1.82. The number of rotatable bonds is 1. The molecule has 0 amide bonds. The van der Waals surface area contributed by atoms with Gasteiger partial charge in [-0.3, -0.25) is 0 Å². The summed E-state index contributed by atoms with van der Waals surface area (Å²) in [6, 6.07) is 0.700. The van der Waals surface area contributed by atoms with Crippen LogP contribution in [-0.2, 0) is 0 Å². The minimum Gasteiger partial charge on any atom is -0.501 e. The standard InChI is InChI=1S/C6H3F4NO2/c7-5-4(12)3(1-2-11-5)13-6(8,9)10/h1-2,12H. The molecular weight excluding hydrogens is 194 g/mol. The number of pyridine rings is 1. The molecule has 0 radical (unpaired) electrons. The largest absolute Gasteiger partial charge is 0.573 e. The van der Waals surface area contributed by atoms with Crippen LogP contribution in [0.2, 0.25) is 0 Å². The highest BCUT2D eigenvalue weighted by atomic mass is 19.4. The zero-order chi connectivity index (χ0) is 10.1. The first-order valence-electron chi connectivity index (χ1n) is 2.99. The molecule has 0 saturated heterocycles. The first-order chi connectivity index (χ1) is 5.90. The van der Waals surface area contributed by atoms with E-state index < -0.39 is 23.8 Å². The number of alkyl halides is 3. The van der Waals surface area contributed by atoms with E-state index in [-0.39, 0.29) is 0 Å². The number of ether oxygens (including phenoxy) is 1. The molecule has 0 bridgehead atoms. The summed E-state index contributed by atoms with van der Waals surface area (Å²) in [7, 11) is 0. The van der Waals surface area contributed by atoms with Crippen molar-refractivity contribution in [2.75, 3.05) is 0 Å². The molecule has 0 atom stereocenters.